The van der Waals surface area contributed by atoms with Crippen LogP contribution in [0.5, 0.6) is 0 Å². The Hall–Kier alpha value is -4.21. The zero-order valence-electron chi connectivity index (χ0n) is 30.4. The van der Waals surface area contributed by atoms with Gasteiger partial charge in [0.25, 0.3) is 5.91 Å². The molecule has 5 atom stereocenters. The first-order valence-corrected chi connectivity index (χ1v) is 19.6. The third-order valence-electron chi connectivity index (χ3n) is 9.59. The van der Waals surface area contributed by atoms with Crippen LogP contribution in [0.1, 0.15) is 90.7 Å². The second kappa shape index (κ2) is 15.4. The topological polar surface area (TPSA) is 181 Å². The number of hydrogen-bond acceptors (Lipinski definition) is 9. The van der Waals surface area contributed by atoms with Crippen LogP contribution in [0.15, 0.2) is 30.4 Å². The average Bonchev–Trinajstić information content (AvgIpc) is 3.33. The van der Waals surface area contributed by atoms with Crippen LogP contribution in [-0.4, -0.2) is 89.8 Å². The molecule has 1 aliphatic carbocycles. The summed E-state index contributed by atoms with van der Waals surface area (Å²) in [5.41, 5.74) is -1.39. The summed E-state index contributed by atoms with van der Waals surface area (Å²) in [5.74, 6) is -3.68. The maximum atomic E-state index is 14.4. The number of ether oxygens (including phenoxy) is 2. The van der Waals surface area contributed by atoms with Crippen LogP contribution >= 0.6 is 0 Å². The highest BCUT2D eigenvalue weighted by molar-refractivity contribution is 7.90. The highest BCUT2D eigenvalue weighted by Crippen LogP contribution is 2.46. The number of allylic oxidation sites excluding steroid dienone is 1. The van der Waals surface area contributed by atoms with Crippen molar-refractivity contribution in [3.63, 3.8) is 0 Å². The standard InChI is InChI=1S/C36H50FN5O9S/c1-22(2)21-52(48,49)40-32(45)36-17-24(36)13-9-7-6-8-10-15-28(38-33(46)51-35(3,4)5)31(44)42-19-25(16-29(42)30(43)39-36)50-34(47)41-18-23-12-11-14-27(37)26(23)20-41/h9,11-14,22,24-25,28-29H,6-8,10,15-21H2,1-5H3,(H,38,46)(H,39,43)(H,40,45)/b13-9-/t24-,25+,28-,29-,36+/m0/s1. The molecule has 3 N–H and O–H groups in total. The van der Waals surface area contributed by atoms with Gasteiger partial charge < -0.3 is 25.0 Å². The molecule has 0 bridgehead atoms. The van der Waals surface area contributed by atoms with Crippen molar-refractivity contribution in [3.05, 3.63) is 47.3 Å². The van der Waals surface area contributed by atoms with Gasteiger partial charge in [0.2, 0.25) is 21.8 Å². The molecule has 1 saturated heterocycles. The molecule has 52 heavy (non-hydrogen) atoms. The van der Waals surface area contributed by atoms with Gasteiger partial charge in [0, 0.05) is 24.4 Å². The summed E-state index contributed by atoms with van der Waals surface area (Å²) in [6, 6.07) is 2.27. The molecule has 14 nitrogen and oxygen atoms in total. The lowest BCUT2D eigenvalue weighted by atomic mass is 10.0. The Labute approximate surface area is 304 Å². The first kappa shape index (κ1) is 39.0. The van der Waals surface area contributed by atoms with Gasteiger partial charge >= 0.3 is 12.2 Å². The SMILES string of the molecule is CC(C)CS(=O)(=O)NC(=O)[C@@]12C[C@@H]1/C=C\CCCCC[C@H](NC(=O)OC(C)(C)C)C(=O)N1C[C@H](OC(=O)N3Cc4cccc(F)c4C3)C[C@H]1C(=O)N2. The van der Waals surface area contributed by atoms with Crippen LogP contribution in [0.4, 0.5) is 14.0 Å². The lowest BCUT2D eigenvalue weighted by Crippen LogP contribution is -2.58. The Morgan fingerprint density at radius 1 is 1.12 bits per heavy atom. The molecule has 286 valence electrons. The predicted molar refractivity (Wildman–Crippen MR) is 187 cm³/mol. The lowest BCUT2D eigenvalue weighted by Gasteiger charge is -2.30. The first-order chi connectivity index (χ1) is 24.4. The molecular weight excluding hydrogens is 697 g/mol. The maximum Gasteiger partial charge on any atom is 0.410 e. The van der Waals surface area contributed by atoms with Crippen molar-refractivity contribution in [3.8, 4) is 0 Å². The highest BCUT2D eigenvalue weighted by Gasteiger charge is 2.61. The fraction of sp³-hybridized carbons (Fsp3) is 0.639. The molecular formula is C36H50FN5O9S. The van der Waals surface area contributed by atoms with E-state index in [0.717, 1.165) is 6.42 Å². The number of rotatable bonds is 6. The van der Waals surface area contributed by atoms with Gasteiger partial charge in [0.05, 0.1) is 18.8 Å². The third-order valence-corrected chi connectivity index (χ3v) is 11.2. The number of nitrogens with one attached hydrogen (secondary N) is 3. The molecule has 0 unspecified atom stereocenters. The molecule has 3 aliphatic heterocycles. The monoisotopic (exact) mass is 747 g/mol. The number of halogens is 1. The second-order valence-electron chi connectivity index (χ2n) is 15.6. The molecule has 0 radical (unpaired) electrons. The van der Waals surface area contributed by atoms with Crippen LogP contribution in [0.2, 0.25) is 0 Å². The molecule has 0 spiro atoms. The molecule has 1 aromatic rings. The first-order valence-electron chi connectivity index (χ1n) is 17.9. The van der Waals surface area contributed by atoms with E-state index in [0.29, 0.717) is 30.4 Å². The molecule has 3 heterocycles. The summed E-state index contributed by atoms with van der Waals surface area (Å²) >= 11 is 0. The van der Waals surface area contributed by atoms with E-state index in [-0.39, 0.29) is 50.6 Å². The number of alkyl carbamates (subject to hydrolysis) is 1. The fourth-order valence-electron chi connectivity index (χ4n) is 7.06. The number of sulfonamides is 1. The number of hydrogen-bond donors (Lipinski definition) is 3. The van der Waals surface area contributed by atoms with Crippen LogP contribution in [-0.2, 0) is 47.0 Å². The van der Waals surface area contributed by atoms with E-state index in [1.807, 2.05) is 6.08 Å². The predicted octanol–water partition coefficient (Wildman–Crippen LogP) is 3.64. The molecule has 1 aromatic carbocycles. The number of fused-ring (bicyclic) bond motifs is 3. The normalized spacial score (nSPS) is 27.3. The second-order valence-corrected chi connectivity index (χ2v) is 17.4. The van der Waals surface area contributed by atoms with E-state index in [1.54, 1.807) is 52.8 Å². The van der Waals surface area contributed by atoms with Gasteiger partial charge in [-0.1, -0.05) is 51.0 Å². The summed E-state index contributed by atoms with van der Waals surface area (Å²) < 4.78 is 53.4. The summed E-state index contributed by atoms with van der Waals surface area (Å²) in [7, 11) is -4.01. The van der Waals surface area contributed by atoms with Gasteiger partial charge in [0.1, 0.15) is 35.1 Å². The highest BCUT2D eigenvalue weighted by atomic mass is 32.2. The quantitative estimate of drug-likeness (QED) is 0.367. The minimum absolute atomic E-state index is 0.00570. The van der Waals surface area contributed by atoms with Gasteiger partial charge in [0.15, 0.2) is 0 Å². The molecule has 5 rings (SSSR count). The van der Waals surface area contributed by atoms with Gasteiger partial charge in [-0.15, -0.1) is 0 Å². The van der Waals surface area contributed by atoms with Crippen LogP contribution in [0.3, 0.4) is 0 Å². The molecule has 1 saturated carbocycles. The Morgan fingerprint density at radius 3 is 2.56 bits per heavy atom. The average molecular weight is 748 g/mol. The zero-order chi connectivity index (χ0) is 38.0. The number of benzene rings is 1. The molecule has 16 heteroatoms. The van der Waals surface area contributed by atoms with Crippen molar-refractivity contribution >= 4 is 39.9 Å². The van der Waals surface area contributed by atoms with Crippen LogP contribution in [0, 0.1) is 17.7 Å². The minimum atomic E-state index is -4.01. The largest absolute Gasteiger partial charge is 0.444 e. The summed E-state index contributed by atoms with van der Waals surface area (Å²) in [6.07, 6.45) is 4.12. The van der Waals surface area contributed by atoms with Gasteiger partial charge in [-0.2, -0.15) is 0 Å². The molecule has 0 aromatic heterocycles. The van der Waals surface area contributed by atoms with Crippen molar-refractivity contribution in [2.75, 3.05) is 12.3 Å². The number of carbonyl (C=O) groups excluding carboxylic acids is 5. The van der Waals surface area contributed by atoms with Gasteiger partial charge in [-0.05, 0) is 64.0 Å². The van der Waals surface area contributed by atoms with E-state index < -0.39 is 81.0 Å². The number of nitrogens with zero attached hydrogens (tertiary/aromatic N) is 2. The minimum Gasteiger partial charge on any atom is -0.444 e. The van der Waals surface area contributed by atoms with Crippen molar-refractivity contribution < 1.29 is 46.3 Å². The van der Waals surface area contributed by atoms with E-state index >= 15 is 0 Å². The fourth-order valence-corrected chi connectivity index (χ4v) is 8.48. The summed E-state index contributed by atoms with van der Waals surface area (Å²) in [5, 5.41) is 5.44. The zero-order valence-corrected chi connectivity index (χ0v) is 31.2. The van der Waals surface area contributed by atoms with E-state index in [4.69, 9.17) is 9.47 Å². The van der Waals surface area contributed by atoms with E-state index in [9.17, 15) is 36.8 Å². The summed E-state index contributed by atoms with van der Waals surface area (Å²) in [4.78, 5) is 70.9. The molecule has 5 amide bonds. The Balaban J connectivity index is 1.41. The van der Waals surface area contributed by atoms with E-state index in [2.05, 4.69) is 15.4 Å². The Morgan fingerprint density at radius 2 is 1.87 bits per heavy atom. The van der Waals surface area contributed by atoms with Crippen LogP contribution < -0.4 is 15.4 Å². The Bertz CT molecular complexity index is 1710. The molecule has 4 aliphatic rings. The number of amides is 5. The summed E-state index contributed by atoms with van der Waals surface area (Å²) in [6.45, 7) is 8.40. The van der Waals surface area contributed by atoms with Crippen molar-refractivity contribution in [2.24, 2.45) is 11.8 Å². The van der Waals surface area contributed by atoms with E-state index in [1.165, 1.54) is 15.9 Å². The smallest absolute Gasteiger partial charge is 0.410 e. The van der Waals surface area contributed by atoms with Crippen molar-refractivity contribution in [1.82, 2.24) is 25.2 Å². The van der Waals surface area contributed by atoms with Gasteiger partial charge in [-0.25, -0.2) is 22.4 Å². The lowest BCUT2D eigenvalue weighted by molar-refractivity contribution is -0.141. The van der Waals surface area contributed by atoms with Crippen molar-refractivity contribution in [2.45, 2.75) is 122 Å². The van der Waals surface area contributed by atoms with Gasteiger partial charge in [-0.3, -0.25) is 24.0 Å². The maximum absolute atomic E-state index is 14.4. The van der Waals surface area contributed by atoms with Crippen molar-refractivity contribution in [1.29, 1.82) is 0 Å². The molecule has 2 fully saturated rings. The van der Waals surface area contributed by atoms with Crippen LogP contribution in [0.25, 0.3) is 0 Å². The number of carbonyl (C=O) groups is 5. The third kappa shape index (κ3) is 9.41. The Kier molecular flexibility index (Phi) is 11.6.